The molecule has 0 aliphatic carbocycles. The number of nitro groups is 1. The van der Waals surface area contributed by atoms with E-state index in [2.05, 4.69) is 20.2 Å². The summed E-state index contributed by atoms with van der Waals surface area (Å²) in [4.78, 5) is 18.6. The molecule has 1 aliphatic rings. The first kappa shape index (κ1) is 20.4. The predicted octanol–water partition coefficient (Wildman–Crippen LogP) is 2.34. The van der Waals surface area contributed by atoms with E-state index in [1.807, 2.05) is 13.8 Å². The fourth-order valence-electron chi connectivity index (χ4n) is 3.45. The fourth-order valence-corrected chi connectivity index (χ4v) is 4.11. The molecular weight excluding hydrogens is 393 g/mol. The van der Waals surface area contributed by atoms with E-state index in [-0.39, 0.29) is 36.1 Å². The number of benzene rings is 1. The maximum absolute atomic E-state index is 15.2. The van der Waals surface area contributed by atoms with Gasteiger partial charge >= 0.3 is 0 Å². The molecule has 10 nitrogen and oxygen atoms in total. The molecule has 3 N–H and O–H groups in total. The topological polar surface area (TPSA) is 141 Å². The minimum absolute atomic E-state index is 0.0186. The molecule has 2 aromatic rings. The number of anilines is 1. The van der Waals surface area contributed by atoms with E-state index in [1.54, 1.807) is 0 Å². The Morgan fingerprint density at radius 1 is 1.46 bits per heavy atom. The van der Waals surface area contributed by atoms with Crippen LogP contribution < -0.4 is 5.32 Å². The van der Waals surface area contributed by atoms with Crippen LogP contribution in [0, 0.1) is 10.1 Å². The number of fused-ring (bicyclic) bond motifs is 1. The standard InChI is InChI=1S/C16H22FN5O5S/c1-10(2)21-5-3-16(17,4-6-21)8-18-13-11(22(23)24)7-12(28(25,26)27)14-15(13)20-9-19-14/h7,9-10,18H,3-6,8H2,1-2H3,(H,19,20)(H,25,26,27). The van der Waals surface area contributed by atoms with Gasteiger partial charge in [-0.25, -0.2) is 9.37 Å². The highest BCUT2D eigenvalue weighted by molar-refractivity contribution is 7.86. The number of imidazole rings is 1. The van der Waals surface area contributed by atoms with Crippen LogP contribution in [-0.2, 0) is 10.1 Å². The number of aromatic amines is 1. The number of nitrogens with zero attached hydrogens (tertiary/aromatic N) is 3. The molecule has 0 amide bonds. The maximum atomic E-state index is 15.2. The van der Waals surface area contributed by atoms with Crippen molar-refractivity contribution in [1.29, 1.82) is 0 Å². The molecule has 0 radical (unpaired) electrons. The molecular formula is C16H22FN5O5S. The first-order chi connectivity index (χ1) is 13.0. The average molecular weight is 415 g/mol. The van der Waals surface area contributed by atoms with E-state index < -0.39 is 31.3 Å². The number of nitro benzene ring substituents is 1. The lowest BCUT2D eigenvalue weighted by atomic mass is 9.92. The van der Waals surface area contributed by atoms with Crippen molar-refractivity contribution in [2.24, 2.45) is 0 Å². The zero-order valence-corrected chi connectivity index (χ0v) is 16.3. The number of alkyl halides is 1. The normalized spacial score (nSPS) is 17.9. The van der Waals surface area contributed by atoms with Crippen LogP contribution in [0.15, 0.2) is 17.3 Å². The van der Waals surface area contributed by atoms with Crippen LogP contribution in [0.25, 0.3) is 11.0 Å². The molecule has 0 saturated carbocycles. The molecule has 12 heteroatoms. The van der Waals surface area contributed by atoms with Crippen molar-refractivity contribution >= 4 is 32.5 Å². The second kappa shape index (κ2) is 7.26. The largest absolute Gasteiger partial charge is 0.374 e. The van der Waals surface area contributed by atoms with E-state index >= 15 is 4.39 Å². The Balaban J connectivity index is 1.92. The van der Waals surface area contributed by atoms with E-state index in [1.165, 1.54) is 0 Å². The molecule has 1 saturated heterocycles. The number of H-pyrrole nitrogens is 1. The zero-order valence-electron chi connectivity index (χ0n) is 15.5. The molecule has 3 rings (SSSR count). The molecule has 1 fully saturated rings. The van der Waals surface area contributed by atoms with Gasteiger partial charge in [0.25, 0.3) is 15.8 Å². The smallest absolute Gasteiger partial charge is 0.297 e. The number of hydrogen-bond donors (Lipinski definition) is 3. The summed E-state index contributed by atoms with van der Waals surface area (Å²) in [5.41, 5.74) is -2.34. The predicted molar refractivity (Wildman–Crippen MR) is 101 cm³/mol. The van der Waals surface area contributed by atoms with E-state index in [0.29, 0.717) is 19.1 Å². The van der Waals surface area contributed by atoms with Crippen molar-refractivity contribution < 1.29 is 22.3 Å². The number of likely N-dealkylation sites (tertiary alicyclic amines) is 1. The molecule has 1 aromatic heterocycles. The summed E-state index contributed by atoms with van der Waals surface area (Å²) in [6.45, 7) is 5.08. The zero-order chi connectivity index (χ0) is 20.7. The molecule has 2 heterocycles. The Labute approximate surface area is 161 Å². The second-order valence-electron chi connectivity index (χ2n) is 7.26. The van der Waals surface area contributed by atoms with Gasteiger partial charge in [0.05, 0.1) is 16.8 Å². The summed E-state index contributed by atoms with van der Waals surface area (Å²) >= 11 is 0. The summed E-state index contributed by atoms with van der Waals surface area (Å²) < 4.78 is 47.7. The number of hydrogen-bond acceptors (Lipinski definition) is 7. The highest BCUT2D eigenvalue weighted by atomic mass is 32.2. The third-order valence-electron chi connectivity index (χ3n) is 5.13. The molecule has 1 aliphatic heterocycles. The third kappa shape index (κ3) is 3.93. The van der Waals surface area contributed by atoms with Crippen molar-refractivity contribution in [3.63, 3.8) is 0 Å². The Morgan fingerprint density at radius 3 is 2.64 bits per heavy atom. The van der Waals surface area contributed by atoms with E-state index in [4.69, 9.17) is 0 Å². The quantitative estimate of drug-likeness (QED) is 0.371. The fraction of sp³-hybridized carbons (Fsp3) is 0.562. The maximum Gasteiger partial charge on any atom is 0.297 e. The minimum Gasteiger partial charge on any atom is -0.374 e. The highest BCUT2D eigenvalue weighted by Gasteiger charge is 2.36. The van der Waals surface area contributed by atoms with Crippen LogP contribution in [0.5, 0.6) is 0 Å². The first-order valence-electron chi connectivity index (χ1n) is 8.81. The summed E-state index contributed by atoms with van der Waals surface area (Å²) in [6, 6.07) is 1.05. The lowest BCUT2D eigenvalue weighted by molar-refractivity contribution is -0.384. The van der Waals surface area contributed by atoms with Crippen LogP contribution >= 0.6 is 0 Å². The van der Waals surface area contributed by atoms with Gasteiger partial charge in [0.15, 0.2) is 0 Å². The lowest BCUT2D eigenvalue weighted by Gasteiger charge is -2.38. The van der Waals surface area contributed by atoms with Gasteiger partial charge in [0.2, 0.25) is 0 Å². The van der Waals surface area contributed by atoms with Gasteiger partial charge in [-0.1, -0.05) is 0 Å². The van der Waals surface area contributed by atoms with E-state index in [9.17, 15) is 23.1 Å². The number of piperidine rings is 1. The van der Waals surface area contributed by atoms with Crippen molar-refractivity contribution in [1.82, 2.24) is 14.9 Å². The summed E-state index contributed by atoms with van der Waals surface area (Å²) in [5, 5.41) is 14.2. The molecule has 154 valence electrons. The van der Waals surface area contributed by atoms with Gasteiger partial charge in [0, 0.05) is 31.7 Å². The van der Waals surface area contributed by atoms with Crippen LogP contribution in [0.3, 0.4) is 0 Å². The van der Waals surface area contributed by atoms with Crippen LogP contribution in [0.4, 0.5) is 15.8 Å². The van der Waals surface area contributed by atoms with Crippen molar-refractivity contribution in [3.05, 3.63) is 22.5 Å². The molecule has 0 unspecified atom stereocenters. The number of halogens is 1. The Bertz CT molecular complexity index is 998. The summed E-state index contributed by atoms with van der Waals surface area (Å²) in [5.74, 6) is 0. The van der Waals surface area contributed by atoms with Gasteiger partial charge < -0.3 is 15.2 Å². The molecule has 0 spiro atoms. The Kier molecular flexibility index (Phi) is 5.30. The number of aromatic nitrogens is 2. The van der Waals surface area contributed by atoms with Crippen molar-refractivity contribution in [2.75, 3.05) is 25.0 Å². The lowest BCUT2D eigenvalue weighted by Crippen LogP contribution is -2.47. The minimum atomic E-state index is -4.73. The SMILES string of the molecule is CC(C)N1CCC(F)(CNc2c([N+](=O)[O-])cc(S(=O)(=O)O)c3nc[nH]c23)CC1. The van der Waals surface area contributed by atoms with Gasteiger partial charge in [-0.05, 0) is 26.7 Å². The van der Waals surface area contributed by atoms with Gasteiger partial charge in [-0.2, -0.15) is 8.42 Å². The van der Waals surface area contributed by atoms with Gasteiger partial charge in [-0.3, -0.25) is 14.7 Å². The average Bonchev–Trinajstić information content (AvgIpc) is 3.07. The van der Waals surface area contributed by atoms with Crippen molar-refractivity contribution in [3.8, 4) is 0 Å². The number of nitrogens with one attached hydrogen (secondary N) is 2. The van der Waals surface area contributed by atoms with Gasteiger partial charge in [-0.15, -0.1) is 0 Å². The first-order valence-corrected chi connectivity index (χ1v) is 10.2. The summed E-state index contributed by atoms with van der Waals surface area (Å²) in [6.07, 6.45) is 1.71. The van der Waals surface area contributed by atoms with Crippen LogP contribution in [0.1, 0.15) is 26.7 Å². The Morgan fingerprint density at radius 2 is 2.11 bits per heavy atom. The molecule has 0 bridgehead atoms. The number of rotatable bonds is 6. The van der Waals surface area contributed by atoms with Crippen molar-refractivity contribution in [2.45, 2.75) is 43.3 Å². The summed E-state index contributed by atoms with van der Waals surface area (Å²) in [7, 11) is -4.73. The molecule has 0 atom stereocenters. The van der Waals surface area contributed by atoms with E-state index in [0.717, 1.165) is 12.4 Å². The Hall–Kier alpha value is -2.31. The van der Waals surface area contributed by atoms with Crippen LogP contribution in [-0.4, -0.2) is 64.1 Å². The second-order valence-corrected chi connectivity index (χ2v) is 8.65. The van der Waals surface area contributed by atoms with Crippen LogP contribution in [0.2, 0.25) is 0 Å². The molecule has 28 heavy (non-hydrogen) atoms. The third-order valence-corrected chi connectivity index (χ3v) is 5.99. The highest BCUT2D eigenvalue weighted by Crippen LogP contribution is 2.37. The van der Waals surface area contributed by atoms with Gasteiger partial charge in [0.1, 0.15) is 21.8 Å². The monoisotopic (exact) mass is 415 g/mol. The molecule has 1 aromatic carbocycles.